The van der Waals surface area contributed by atoms with E-state index in [1.165, 1.54) is 18.4 Å². The molecule has 3 atom stereocenters. The highest BCUT2D eigenvalue weighted by atomic mass is 16.5. The zero-order valence-electron chi connectivity index (χ0n) is 12.7. The van der Waals surface area contributed by atoms with Gasteiger partial charge in [-0.05, 0) is 62.6 Å². The maximum absolute atomic E-state index is 11.0. The number of pyridine rings is 1. The van der Waals surface area contributed by atoms with E-state index in [1.54, 1.807) is 13.1 Å². The first kappa shape index (κ1) is 14.5. The quantitative estimate of drug-likeness (QED) is 0.799. The van der Waals surface area contributed by atoms with Gasteiger partial charge in [-0.2, -0.15) is 0 Å². The van der Waals surface area contributed by atoms with E-state index in [0.717, 1.165) is 44.1 Å². The van der Waals surface area contributed by atoms with Crippen LogP contribution in [0.5, 0.6) is 5.75 Å². The summed E-state index contributed by atoms with van der Waals surface area (Å²) in [6.45, 7) is 3.51. The van der Waals surface area contributed by atoms with Gasteiger partial charge in [-0.3, -0.25) is 4.98 Å². The molecule has 1 saturated carbocycles. The number of ether oxygens (including phenoxy) is 1. The molecule has 0 bridgehead atoms. The number of hydrogen-bond acceptors (Lipinski definition) is 4. The average molecular weight is 288 g/mol. The van der Waals surface area contributed by atoms with Gasteiger partial charge in [0.1, 0.15) is 18.1 Å². The number of carbonyl (C=O) groups is 1. The lowest BCUT2D eigenvalue weighted by atomic mass is 10.1. The molecular weight excluding hydrogens is 264 g/mol. The number of rotatable bonds is 8. The van der Waals surface area contributed by atoms with Crippen molar-refractivity contribution in [1.82, 2.24) is 10.3 Å². The summed E-state index contributed by atoms with van der Waals surface area (Å²) in [5.41, 5.74) is 1.29. The van der Waals surface area contributed by atoms with E-state index in [9.17, 15) is 4.79 Å². The standard InChI is InChI=1S/C17H24N2O2/c1-12(20)3-2-4-13-8-17(13)14-7-16(10-18-9-14)21-11-15-5-6-19-15/h7,9-10,13,15,17,19H,2-6,8,11H2,1H3/t13-,15+,17+/m1/s1. The molecule has 1 aromatic heterocycles. The maximum Gasteiger partial charge on any atom is 0.137 e. The van der Waals surface area contributed by atoms with E-state index < -0.39 is 0 Å². The van der Waals surface area contributed by atoms with Gasteiger partial charge in [0, 0.05) is 18.7 Å². The van der Waals surface area contributed by atoms with E-state index >= 15 is 0 Å². The summed E-state index contributed by atoms with van der Waals surface area (Å²) in [5, 5.41) is 3.33. The second kappa shape index (κ2) is 6.56. The van der Waals surface area contributed by atoms with E-state index in [2.05, 4.69) is 16.4 Å². The predicted octanol–water partition coefficient (Wildman–Crippen LogP) is 2.69. The summed E-state index contributed by atoms with van der Waals surface area (Å²) >= 11 is 0. The van der Waals surface area contributed by atoms with Crippen LogP contribution in [0.4, 0.5) is 0 Å². The first-order valence-electron chi connectivity index (χ1n) is 8.03. The van der Waals surface area contributed by atoms with Gasteiger partial charge in [0.15, 0.2) is 0 Å². The van der Waals surface area contributed by atoms with Gasteiger partial charge in [0.05, 0.1) is 6.20 Å². The van der Waals surface area contributed by atoms with Crippen LogP contribution >= 0.6 is 0 Å². The van der Waals surface area contributed by atoms with Crippen molar-refractivity contribution in [2.24, 2.45) is 5.92 Å². The molecule has 4 heteroatoms. The van der Waals surface area contributed by atoms with Crippen LogP contribution in [0.15, 0.2) is 18.5 Å². The maximum atomic E-state index is 11.0. The van der Waals surface area contributed by atoms with Crippen molar-refractivity contribution >= 4 is 5.78 Å². The molecule has 0 aromatic carbocycles. The van der Waals surface area contributed by atoms with Gasteiger partial charge < -0.3 is 14.8 Å². The van der Waals surface area contributed by atoms with Crippen molar-refractivity contribution in [3.8, 4) is 5.75 Å². The van der Waals surface area contributed by atoms with Gasteiger partial charge in [0.25, 0.3) is 0 Å². The smallest absolute Gasteiger partial charge is 0.137 e. The topological polar surface area (TPSA) is 51.2 Å². The largest absolute Gasteiger partial charge is 0.490 e. The molecule has 2 aliphatic rings. The summed E-state index contributed by atoms with van der Waals surface area (Å²) < 4.78 is 5.81. The molecule has 0 spiro atoms. The summed E-state index contributed by atoms with van der Waals surface area (Å²) in [7, 11) is 0. The third-order valence-corrected chi connectivity index (χ3v) is 4.57. The SMILES string of the molecule is CC(=O)CCC[C@@H]1C[C@@H]1c1cncc(OC[C@@H]2CCN2)c1. The van der Waals surface area contributed by atoms with Crippen molar-refractivity contribution < 1.29 is 9.53 Å². The van der Waals surface area contributed by atoms with Crippen LogP contribution < -0.4 is 10.1 Å². The molecule has 4 nitrogen and oxygen atoms in total. The van der Waals surface area contributed by atoms with Crippen molar-refractivity contribution in [2.45, 2.75) is 51.0 Å². The fraction of sp³-hybridized carbons (Fsp3) is 0.647. The first-order chi connectivity index (χ1) is 10.2. The van der Waals surface area contributed by atoms with Crippen molar-refractivity contribution in [3.05, 3.63) is 24.0 Å². The molecule has 2 heterocycles. The Morgan fingerprint density at radius 1 is 1.48 bits per heavy atom. The normalized spacial score (nSPS) is 27.0. The third-order valence-electron chi connectivity index (χ3n) is 4.57. The van der Waals surface area contributed by atoms with Crippen molar-refractivity contribution in [2.75, 3.05) is 13.2 Å². The molecule has 1 aromatic rings. The fourth-order valence-corrected chi connectivity index (χ4v) is 2.99. The van der Waals surface area contributed by atoms with Crippen LogP contribution in [0, 0.1) is 5.92 Å². The molecular formula is C17H24N2O2. The number of nitrogens with one attached hydrogen (secondary N) is 1. The minimum atomic E-state index is 0.300. The van der Waals surface area contributed by atoms with Crippen molar-refractivity contribution in [1.29, 1.82) is 0 Å². The number of ketones is 1. The van der Waals surface area contributed by atoms with Gasteiger partial charge in [-0.15, -0.1) is 0 Å². The predicted molar refractivity (Wildman–Crippen MR) is 81.5 cm³/mol. The first-order valence-corrected chi connectivity index (χ1v) is 8.03. The zero-order valence-corrected chi connectivity index (χ0v) is 12.7. The number of Topliss-reactive ketones (excluding diaryl/α,β-unsaturated/α-hetero) is 1. The van der Waals surface area contributed by atoms with Gasteiger partial charge in [0.2, 0.25) is 0 Å². The fourth-order valence-electron chi connectivity index (χ4n) is 2.99. The minimum Gasteiger partial charge on any atom is -0.490 e. The molecule has 0 amide bonds. The Kier molecular flexibility index (Phi) is 4.54. The molecule has 0 radical (unpaired) electrons. The van der Waals surface area contributed by atoms with Crippen LogP contribution in [-0.4, -0.2) is 30.0 Å². The van der Waals surface area contributed by atoms with E-state index in [1.807, 2.05) is 6.20 Å². The van der Waals surface area contributed by atoms with E-state index in [4.69, 9.17) is 4.74 Å². The van der Waals surface area contributed by atoms with Gasteiger partial charge in [-0.1, -0.05) is 0 Å². The average Bonchev–Trinajstić information content (AvgIpc) is 3.16. The number of nitrogens with zero attached hydrogens (tertiary/aromatic N) is 1. The van der Waals surface area contributed by atoms with Crippen LogP contribution in [0.3, 0.4) is 0 Å². The van der Waals surface area contributed by atoms with Gasteiger partial charge in [-0.25, -0.2) is 0 Å². The Hall–Kier alpha value is -1.42. The second-order valence-electron chi connectivity index (χ2n) is 6.40. The molecule has 2 fully saturated rings. The monoisotopic (exact) mass is 288 g/mol. The summed E-state index contributed by atoms with van der Waals surface area (Å²) in [4.78, 5) is 15.3. The zero-order chi connectivity index (χ0) is 14.7. The minimum absolute atomic E-state index is 0.300. The number of hydrogen-bond donors (Lipinski definition) is 1. The Morgan fingerprint density at radius 3 is 3.05 bits per heavy atom. The molecule has 21 heavy (non-hydrogen) atoms. The Morgan fingerprint density at radius 2 is 2.33 bits per heavy atom. The lowest BCUT2D eigenvalue weighted by molar-refractivity contribution is -0.117. The Bertz CT molecular complexity index is 499. The highest BCUT2D eigenvalue weighted by Crippen LogP contribution is 2.50. The van der Waals surface area contributed by atoms with Crippen molar-refractivity contribution in [3.63, 3.8) is 0 Å². The van der Waals surface area contributed by atoms with Crippen LogP contribution in [0.2, 0.25) is 0 Å². The Balaban J connectivity index is 1.46. The lowest BCUT2D eigenvalue weighted by Crippen LogP contribution is -2.46. The highest BCUT2D eigenvalue weighted by molar-refractivity contribution is 5.75. The Labute approximate surface area is 126 Å². The molecule has 1 aliphatic carbocycles. The summed E-state index contributed by atoms with van der Waals surface area (Å²) in [6.07, 6.45) is 9.09. The summed E-state index contributed by atoms with van der Waals surface area (Å²) in [6, 6.07) is 2.65. The lowest BCUT2D eigenvalue weighted by Gasteiger charge is -2.27. The molecule has 1 N–H and O–H groups in total. The molecule has 1 aliphatic heterocycles. The summed E-state index contributed by atoms with van der Waals surface area (Å²) in [5.74, 6) is 2.54. The van der Waals surface area contributed by atoms with Crippen LogP contribution in [-0.2, 0) is 4.79 Å². The highest BCUT2D eigenvalue weighted by Gasteiger charge is 2.37. The number of aromatic nitrogens is 1. The van der Waals surface area contributed by atoms with Gasteiger partial charge >= 0.3 is 0 Å². The third kappa shape index (κ3) is 4.03. The van der Waals surface area contributed by atoms with Crippen LogP contribution in [0.1, 0.15) is 50.5 Å². The molecule has 1 saturated heterocycles. The van der Waals surface area contributed by atoms with E-state index in [-0.39, 0.29) is 0 Å². The van der Waals surface area contributed by atoms with Crippen LogP contribution in [0.25, 0.3) is 0 Å². The molecule has 3 rings (SSSR count). The molecule has 0 unspecified atom stereocenters. The molecule has 114 valence electrons. The number of carbonyl (C=O) groups excluding carboxylic acids is 1. The second-order valence-corrected chi connectivity index (χ2v) is 6.40. The van der Waals surface area contributed by atoms with E-state index in [0.29, 0.717) is 17.7 Å².